The number of likely N-dealkylation sites (N-methyl/N-ethyl adjacent to an activating group) is 1. The van der Waals surface area contributed by atoms with Gasteiger partial charge in [0.1, 0.15) is 5.82 Å². The van der Waals surface area contributed by atoms with Crippen LogP contribution in [0.3, 0.4) is 0 Å². The number of hydrogen-bond donors (Lipinski definition) is 0. The summed E-state index contributed by atoms with van der Waals surface area (Å²) in [6, 6.07) is 8.27. The molecule has 0 radical (unpaired) electrons. The van der Waals surface area contributed by atoms with Gasteiger partial charge in [0.15, 0.2) is 0 Å². The summed E-state index contributed by atoms with van der Waals surface area (Å²) < 4.78 is 2.59. The molecule has 5 rings (SSSR count). The zero-order chi connectivity index (χ0) is 17.8. The van der Waals surface area contributed by atoms with Crippen LogP contribution in [-0.4, -0.2) is 32.5 Å². The third-order valence-electron chi connectivity index (χ3n) is 6.43. The molecule has 4 nitrogen and oxygen atoms in total. The Morgan fingerprint density at radius 2 is 1.92 bits per heavy atom. The van der Waals surface area contributed by atoms with Crippen LogP contribution in [0.1, 0.15) is 47.1 Å². The molecule has 0 unspecified atom stereocenters. The van der Waals surface area contributed by atoms with E-state index in [4.69, 9.17) is 0 Å². The van der Waals surface area contributed by atoms with Crippen LogP contribution < -0.4 is 0 Å². The van der Waals surface area contributed by atoms with Crippen molar-refractivity contribution in [1.29, 1.82) is 0 Å². The fourth-order valence-corrected chi connectivity index (χ4v) is 5.01. The smallest absolute Gasteiger partial charge is 0.125 e. The maximum atomic E-state index is 4.36. The maximum Gasteiger partial charge on any atom is 0.125 e. The van der Waals surface area contributed by atoms with Crippen LogP contribution in [0.4, 0.5) is 0 Å². The Morgan fingerprint density at radius 3 is 2.73 bits per heavy atom. The second-order valence-corrected chi connectivity index (χ2v) is 8.04. The molecular formula is C22H26N4. The van der Waals surface area contributed by atoms with Crippen LogP contribution in [0.5, 0.6) is 0 Å². The van der Waals surface area contributed by atoms with Gasteiger partial charge in [-0.15, -0.1) is 0 Å². The largest absolute Gasteiger partial charge is 0.344 e. The third-order valence-corrected chi connectivity index (χ3v) is 6.43. The first-order valence-electron chi connectivity index (χ1n) is 9.73. The van der Waals surface area contributed by atoms with E-state index < -0.39 is 0 Å². The van der Waals surface area contributed by atoms with Gasteiger partial charge in [0.05, 0.1) is 0 Å². The van der Waals surface area contributed by atoms with Gasteiger partial charge in [-0.1, -0.05) is 11.6 Å². The van der Waals surface area contributed by atoms with E-state index in [-0.39, 0.29) is 0 Å². The molecule has 0 N–H and O–H groups in total. The van der Waals surface area contributed by atoms with Crippen molar-refractivity contribution >= 4 is 10.9 Å². The molecule has 4 heterocycles. The average molecular weight is 346 g/mol. The fourth-order valence-electron chi connectivity index (χ4n) is 5.01. The standard InChI is InChI=1S/C22H26N4/c1-14-4-6-19-18(10-14)22-20-7-5-17(25(20)3)11-21(22)26(19)9-8-16-12-23-15(2)24-13-16/h4,6,10,12-13,17,20H,5,7-9,11H2,1-3H3/t17-,20+/m0/s1. The predicted molar refractivity (Wildman–Crippen MR) is 104 cm³/mol. The van der Waals surface area contributed by atoms with E-state index in [1.165, 1.54) is 41.3 Å². The molecule has 1 aromatic carbocycles. The highest BCUT2D eigenvalue weighted by Crippen LogP contribution is 2.46. The van der Waals surface area contributed by atoms with Gasteiger partial charge in [0.2, 0.25) is 0 Å². The minimum Gasteiger partial charge on any atom is -0.344 e. The number of aromatic nitrogens is 3. The molecule has 0 saturated carbocycles. The molecule has 2 aliphatic rings. The highest BCUT2D eigenvalue weighted by atomic mass is 15.2. The van der Waals surface area contributed by atoms with Crippen molar-refractivity contribution in [3.8, 4) is 0 Å². The predicted octanol–water partition coefficient (Wildman–Crippen LogP) is 3.98. The first kappa shape index (κ1) is 16.0. The van der Waals surface area contributed by atoms with Crippen molar-refractivity contribution in [1.82, 2.24) is 19.4 Å². The minimum absolute atomic E-state index is 0.594. The van der Waals surface area contributed by atoms with E-state index in [2.05, 4.69) is 51.6 Å². The molecule has 2 aliphatic heterocycles. The Balaban J connectivity index is 1.59. The molecule has 26 heavy (non-hydrogen) atoms. The summed E-state index contributed by atoms with van der Waals surface area (Å²) in [5, 5.41) is 1.47. The van der Waals surface area contributed by atoms with Crippen molar-refractivity contribution in [3.63, 3.8) is 0 Å². The second-order valence-electron chi connectivity index (χ2n) is 8.04. The van der Waals surface area contributed by atoms with E-state index >= 15 is 0 Å². The number of nitrogens with zero attached hydrogens (tertiary/aromatic N) is 4. The first-order valence-corrected chi connectivity index (χ1v) is 9.73. The Kier molecular flexibility index (Phi) is 3.64. The summed E-state index contributed by atoms with van der Waals surface area (Å²) in [5.41, 5.74) is 7.14. The van der Waals surface area contributed by atoms with Crippen molar-refractivity contribution in [2.75, 3.05) is 7.05 Å². The van der Waals surface area contributed by atoms with Crippen molar-refractivity contribution in [3.05, 3.63) is 58.8 Å². The molecule has 2 atom stereocenters. The van der Waals surface area contributed by atoms with Crippen molar-refractivity contribution in [2.24, 2.45) is 0 Å². The Labute approximate surface area is 154 Å². The topological polar surface area (TPSA) is 34.0 Å². The molecule has 134 valence electrons. The van der Waals surface area contributed by atoms with Gasteiger partial charge in [-0.25, -0.2) is 9.97 Å². The molecular weight excluding hydrogens is 320 g/mol. The van der Waals surface area contributed by atoms with Crippen LogP contribution in [0.15, 0.2) is 30.6 Å². The molecule has 2 aromatic heterocycles. The highest BCUT2D eigenvalue weighted by Gasteiger charge is 2.40. The summed E-state index contributed by atoms with van der Waals surface area (Å²) in [5.74, 6) is 0.840. The van der Waals surface area contributed by atoms with E-state index in [0.717, 1.165) is 18.8 Å². The third kappa shape index (κ3) is 2.39. The first-order chi connectivity index (χ1) is 12.6. The summed E-state index contributed by atoms with van der Waals surface area (Å²) in [4.78, 5) is 11.3. The molecule has 1 saturated heterocycles. The van der Waals surface area contributed by atoms with Crippen molar-refractivity contribution in [2.45, 2.75) is 58.2 Å². The summed E-state index contributed by atoms with van der Waals surface area (Å²) >= 11 is 0. The van der Waals surface area contributed by atoms with Gasteiger partial charge in [0, 0.05) is 54.0 Å². The zero-order valence-corrected chi connectivity index (χ0v) is 15.9. The van der Waals surface area contributed by atoms with Gasteiger partial charge < -0.3 is 4.57 Å². The molecule has 3 aromatic rings. The number of aryl methyl sites for hydroxylation is 4. The van der Waals surface area contributed by atoms with Gasteiger partial charge in [-0.3, -0.25) is 4.90 Å². The van der Waals surface area contributed by atoms with E-state index in [0.29, 0.717) is 12.1 Å². The van der Waals surface area contributed by atoms with Gasteiger partial charge in [-0.05, 0) is 63.4 Å². The van der Waals surface area contributed by atoms with Crippen LogP contribution >= 0.6 is 0 Å². The summed E-state index contributed by atoms with van der Waals surface area (Å²) in [6.45, 7) is 5.15. The Hall–Kier alpha value is -2.20. The number of rotatable bonds is 3. The SMILES string of the molecule is Cc1ccc2c(c1)c1c(n2CCc2cnc(C)nc2)C[C@@H]2CC[C@H]1N2C. The Morgan fingerprint density at radius 1 is 1.12 bits per heavy atom. The molecule has 2 bridgehead atoms. The minimum atomic E-state index is 0.594. The molecule has 0 amide bonds. The quantitative estimate of drug-likeness (QED) is 0.719. The Bertz CT molecular complexity index is 970. The van der Waals surface area contributed by atoms with E-state index in [1.807, 2.05) is 19.3 Å². The van der Waals surface area contributed by atoms with Crippen LogP contribution in [-0.2, 0) is 19.4 Å². The average Bonchev–Trinajstić information content (AvgIpc) is 3.04. The lowest BCUT2D eigenvalue weighted by Gasteiger charge is -2.32. The van der Waals surface area contributed by atoms with Gasteiger partial charge in [0.25, 0.3) is 0 Å². The summed E-state index contributed by atoms with van der Waals surface area (Å²) in [6.07, 6.45) is 8.74. The van der Waals surface area contributed by atoms with Gasteiger partial charge in [-0.2, -0.15) is 0 Å². The number of fused-ring (bicyclic) bond motifs is 6. The van der Waals surface area contributed by atoms with E-state index in [1.54, 1.807) is 11.3 Å². The number of hydrogen-bond acceptors (Lipinski definition) is 3. The lowest BCUT2D eigenvalue weighted by Crippen LogP contribution is -2.34. The molecule has 4 heteroatoms. The number of benzene rings is 1. The molecule has 0 aliphatic carbocycles. The lowest BCUT2D eigenvalue weighted by molar-refractivity contribution is 0.222. The fraction of sp³-hybridized carbons (Fsp3) is 0.455. The maximum absolute atomic E-state index is 4.36. The monoisotopic (exact) mass is 346 g/mol. The zero-order valence-electron chi connectivity index (χ0n) is 15.9. The normalized spacial score (nSPS) is 22.1. The second kappa shape index (κ2) is 5.92. The molecule has 0 spiro atoms. The van der Waals surface area contributed by atoms with Crippen LogP contribution in [0, 0.1) is 13.8 Å². The molecule has 1 fully saturated rings. The lowest BCUT2D eigenvalue weighted by atomic mass is 9.97. The van der Waals surface area contributed by atoms with Crippen LogP contribution in [0.2, 0.25) is 0 Å². The van der Waals surface area contributed by atoms with Crippen LogP contribution in [0.25, 0.3) is 10.9 Å². The highest BCUT2D eigenvalue weighted by molar-refractivity contribution is 5.87. The van der Waals surface area contributed by atoms with Gasteiger partial charge >= 0.3 is 0 Å². The summed E-state index contributed by atoms with van der Waals surface area (Å²) in [7, 11) is 2.31. The van der Waals surface area contributed by atoms with Crippen molar-refractivity contribution < 1.29 is 0 Å². The van der Waals surface area contributed by atoms with E-state index in [9.17, 15) is 0 Å².